The van der Waals surface area contributed by atoms with Gasteiger partial charge in [0, 0.05) is 15.3 Å². The smallest absolute Gasteiger partial charge is 0.196 e. The van der Waals surface area contributed by atoms with Gasteiger partial charge < -0.3 is 5.11 Å². The summed E-state index contributed by atoms with van der Waals surface area (Å²) in [7, 11) is 0. The van der Waals surface area contributed by atoms with Gasteiger partial charge in [-0.15, -0.1) is 11.3 Å². The molecule has 1 aromatic heterocycles. The molecule has 1 N–H and O–H groups in total. The molecule has 0 amide bonds. The Kier molecular flexibility index (Phi) is 3.17. The summed E-state index contributed by atoms with van der Waals surface area (Å²) in [5.41, 5.74) is 0.543. The molecule has 2 rings (SSSR count). The Morgan fingerprint density at radius 1 is 1.19 bits per heavy atom. The molecular formula is C13H12O2S. The van der Waals surface area contributed by atoms with Crippen LogP contribution in [-0.2, 0) is 0 Å². The van der Waals surface area contributed by atoms with Crippen LogP contribution in [0.5, 0.6) is 0 Å². The number of aliphatic hydroxyl groups is 1. The predicted octanol–water partition coefficient (Wildman–Crippen LogP) is 2.97. The fourth-order valence-corrected chi connectivity index (χ4v) is 2.35. The zero-order valence-electron chi connectivity index (χ0n) is 8.88. The number of carbonyl (C=O) groups is 1. The standard InChI is InChI=1S/C13H12O2S/c1-9-7-8-11(16-9)13(15)12(14)10-5-3-2-4-6-10/h2-8,13,15H,1H3. The molecule has 0 saturated carbocycles. The average molecular weight is 232 g/mol. The fraction of sp³-hybridized carbons (Fsp3) is 0.154. The zero-order chi connectivity index (χ0) is 11.5. The number of hydrogen-bond acceptors (Lipinski definition) is 3. The second-order valence-corrected chi connectivity index (χ2v) is 4.90. The molecule has 82 valence electrons. The van der Waals surface area contributed by atoms with Crippen molar-refractivity contribution in [2.24, 2.45) is 0 Å². The van der Waals surface area contributed by atoms with Gasteiger partial charge in [0.25, 0.3) is 0 Å². The van der Waals surface area contributed by atoms with E-state index in [1.165, 1.54) is 11.3 Å². The normalized spacial score (nSPS) is 12.4. The number of benzene rings is 1. The Morgan fingerprint density at radius 3 is 2.44 bits per heavy atom. The van der Waals surface area contributed by atoms with Crippen LogP contribution in [0.2, 0.25) is 0 Å². The molecule has 1 aromatic carbocycles. The van der Waals surface area contributed by atoms with E-state index < -0.39 is 6.10 Å². The Labute approximate surface area is 98.2 Å². The Bertz CT molecular complexity index is 488. The number of Topliss-reactive ketones (excluding diaryl/α,β-unsaturated/α-hetero) is 1. The number of aryl methyl sites for hydroxylation is 1. The number of hydrogen-bond donors (Lipinski definition) is 1. The van der Waals surface area contributed by atoms with Crippen molar-refractivity contribution >= 4 is 17.1 Å². The van der Waals surface area contributed by atoms with Gasteiger partial charge in [0.05, 0.1) is 0 Å². The molecule has 3 heteroatoms. The zero-order valence-corrected chi connectivity index (χ0v) is 9.70. The van der Waals surface area contributed by atoms with Gasteiger partial charge in [0.15, 0.2) is 11.9 Å². The lowest BCUT2D eigenvalue weighted by Gasteiger charge is -2.06. The van der Waals surface area contributed by atoms with Crippen molar-refractivity contribution in [3.8, 4) is 0 Å². The molecule has 1 unspecified atom stereocenters. The second-order valence-electron chi connectivity index (χ2n) is 3.58. The molecule has 0 spiro atoms. The van der Waals surface area contributed by atoms with E-state index >= 15 is 0 Å². The van der Waals surface area contributed by atoms with Crippen LogP contribution in [0, 0.1) is 6.92 Å². The molecule has 2 nitrogen and oxygen atoms in total. The van der Waals surface area contributed by atoms with Gasteiger partial charge in [-0.05, 0) is 19.1 Å². The van der Waals surface area contributed by atoms with E-state index in [1.807, 2.05) is 19.1 Å². The molecule has 0 fully saturated rings. The van der Waals surface area contributed by atoms with Crippen molar-refractivity contribution in [2.45, 2.75) is 13.0 Å². The maximum atomic E-state index is 11.9. The molecule has 0 aliphatic rings. The summed E-state index contributed by atoms with van der Waals surface area (Å²) >= 11 is 1.45. The van der Waals surface area contributed by atoms with E-state index in [4.69, 9.17) is 0 Å². The number of thiophene rings is 1. The van der Waals surface area contributed by atoms with E-state index in [-0.39, 0.29) is 5.78 Å². The average Bonchev–Trinajstić information content (AvgIpc) is 2.75. The third-order valence-electron chi connectivity index (χ3n) is 2.34. The first kappa shape index (κ1) is 11.0. The molecule has 0 aliphatic heterocycles. The van der Waals surface area contributed by atoms with Crippen molar-refractivity contribution in [3.05, 3.63) is 57.8 Å². The lowest BCUT2D eigenvalue weighted by Crippen LogP contribution is -2.10. The van der Waals surface area contributed by atoms with E-state index in [1.54, 1.807) is 30.3 Å². The largest absolute Gasteiger partial charge is 0.379 e. The lowest BCUT2D eigenvalue weighted by molar-refractivity contribution is 0.0753. The molecule has 1 heterocycles. The van der Waals surface area contributed by atoms with Gasteiger partial charge in [0.2, 0.25) is 0 Å². The number of carbonyl (C=O) groups excluding carboxylic acids is 1. The SMILES string of the molecule is Cc1ccc(C(O)C(=O)c2ccccc2)s1. The van der Waals surface area contributed by atoms with Gasteiger partial charge >= 0.3 is 0 Å². The summed E-state index contributed by atoms with van der Waals surface area (Å²) < 4.78 is 0. The lowest BCUT2D eigenvalue weighted by atomic mass is 10.1. The number of aliphatic hydroxyl groups excluding tert-OH is 1. The van der Waals surface area contributed by atoms with Crippen molar-refractivity contribution in [1.82, 2.24) is 0 Å². The van der Waals surface area contributed by atoms with Crippen LogP contribution in [0.25, 0.3) is 0 Å². The van der Waals surface area contributed by atoms with Gasteiger partial charge in [-0.25, -0.2) is 0 Å². The highest BCUT2D eigenvalue weighted by atomic mass is 32.1. The number of rotatable bonds is 3. The second kappa shape index (κ2) is 4.60. The van der Waals surface area contributed by atoms with Crippen LogP contribution in [-0.4, -0.2) is 10.9 Å². The van der Waals surface area contributed by atoms with Crippen molar-refractivity contribution in [3.63, 3.8) is 0 Å². The van der Waals surface area contributed by atoms with Crippen molar-refractivity contribution < 1.29 is 9.90 Å². The molecule has 0 saturated heterocycles. The first-order valence-electron chi connectivity index (χ1n) is 5.02. The van der Waals surface area contributed by atoms with Crippen LogP contribution in [0.3, 0.4) is 0 Å². The maximum absolute atomic E-state index is 11.9. The highest BCUT2D eigenvalue weighted by molar-refractivity contribution is 7.12. The van der Waals surface area contributed by atoms with E-state index in [0.717, 1.165) is 4.88 Å². The summed E-state index contributed by atoms with van der Waals surface area (Å²) in [6.45, 7) is 1.95. The van der Waals surface area contributed by atoms with E-state index in [0.29, 0.717) is 10.4 Å². The molecule has 0 radical (unpaired) electrons. The Balaban J connectivity index is 2.23. The minimum absolute atomic E-state index is 0.248. The van der Waals surface area contributed by atoms with Crippen molar-refractivity contribution in [2.75, 3.05) is 0 Å². The quantitative estimate of drug-likeness (QED) is 0.826. The van der Waals surface area contributed by atoms with Crippen LogP contribution >= 0.6 is 11.3 Å². The Hall–Kier alpha value is -1.45. The van der Waals surface area contributed by atoms with Crippen LogP contribution in [0.4, 0.5) is 0 Å². The first-order valence-corrected chi connectivity index (χ1v) is 5.84. The molecule has 0 aliphatic carbocycles. The summed E-state index contributed by atoms with van der Waals surface area (Å²) in [5.74, 6) is -0.248. The van der Waals surface area contributed by atoms with Gasteiger partial charge in [-0.3, -0.25) is 4.79 Å². The van der Waals surface area contributed by atoms with Crippen LogP contribution in [0.1, 0.15) is 26.2 Å². The highest BCUT2D eigenvalue weighted by Gasteiger charge is 2.20. The van der Waals surface area contributed by atoms with Gasteiger partial charge in [-0.2, -0.15) is 0 Å². The minimum Gasteiger partial charge on any atom is -0.379 e. The topological polar surface area (TPSA) is 37.3 Å². The summed E-state index contributed by atoms with van der Waals surface area (Å²) in [6.07, 6.45) is -1.04. The third-order valence-corrected chi connectivity index (χ3v) is 3.39. The third kappa shape index (κ3) is 2.21. The highest BCUT2D eigenvalue weighted by Crippen LogP contribution is 2.25. The Morgan fingerprint density at radius 2 is 1.88 bits per heavy atom. The molecule has 0 bridgehead atoms. The summed E-state index contributed by atoms with van der Waals surface area (Å²) in [5, 5.41) is 9.92. The predicted molar refractivity (Wildman–Crippen MR) is 64.8 cm³/mol. The molecular weight excluding hydrogens is 220 g/mol. The summed E-state index contributed by atoms with van der Waals surface area (Å²) in [6, 6.07) is 12.6. The van der Waals surface area contributed by atoms with Crippen molar-refractivity contribution in [1.29, 1.82) is 0 Å². The van der Waals surface area contributed by atoms with E-state index in [2.05, 4.69) is 0 Å². The molecule has 16 heavy (non-hydrogen) atoms. The molecule has 1 atom stereocenters. The molecule has 2 aromatic rings. The monoisotopic (exact) mass is 232 g/mol. The van der Waals surface area contributed by atoms with Gasteiger partial charge in [-0.1, -0.05) is 30.3 Å². The van der Waals surface area contributed by atoms with Crippen LogP contribution in [0.15, 0.2) is 42.5 Å². The first-order chi connectivity index (χ1) is 7.68. The number of ketones is 1. The summed E-state index contributed by atoms with van der Waals surface area (Å²) in [4.78, 5) is 13.7. The minimum atomic E-state index is -1.04. The van der Waals surface area contributed by atoms with Gasteiger partial charge in [0.1, 0.15) is 0 Å². The van der Waals surface area contributed by atoms with E-state index in [9.17, 15) is 9.90 Å². The fourth-order valence-electron chi connectivity index (χ4n) is 1.49. The maximum Gasteiger partial charge on any atom is 0.196 e. The van der Waals surface area contributed by atoms with Crippen LogP contribution < -0.4 is 0 Å².